The minimum Gasteiger partial charge on any atom is -0.402 e. The molecular formula is C32H54N6S. The Morgan fingerprint density at radius 3 is 2.51 bits per heavy atom. The van der Waals surface area contributed by atoms with Crippen molar-refractivity contribution >= 4 is 23.8 Å². The van der Waals surface area contributed by atoms with Crippen LogP contribution in [-0.2, 0) is 0 Å². The van der Waals surface area contributed by atoms with Gasteiger partial charge in [0.1, 0.15) is 0 Å². The van der Waals surface area contributed by atoms with Gasteiger partial charge in [0.05, 0.1) is 0 Å². The normalized spacial score (nSPS) is 14.0. The Bertz CT molecular complexity index is 890. The zero-order valence-electron chi connectivity index (χ0n) is 25.4. The van der Waals surface area contributed by atoms with Gasteiger partial charge >= 0.3 is 0 Å². The van der Waals surface area contributed by atoms with E-state index in [1.807, 2.05) is 43.6 Å². The van der Waals surface area contributed by atoms with Crippen molar-refractivity contribution in [3.63, 3.8) is 0 Å². The molecule has 0 radical (unpaired) electrons. The quantitative estimate of drug-likeness (QED) is 0.0523. The van der Waals surface area contributed by atoms with E-state index < -0.39 is 0 Å². The fourth-order valence-electron chi connectivity index (χ4n) is 3.64. The lowest BCUT2D eigenvalue weighted by molar-refractivity contribution is -0.0154. The van der Waals surface area contributed by atoms with Gasteiger partial charge in [0, 0.05) is 69.2 Å². The van der Waals surface area contributed by atoms with E-state index in [0.29, 0.717) is 25.0 Å². The highest BCUT2D eigenvalue weighted by Gasteiger charge is 2.13. The molecule has 0 amide bonds. The highest BCUT2D eigenvalue weighted by Crippen LogP contribution is 2.14. The Kier molecular flexibility index (Phi) is 23.0. The molecule has 3 N–H and O–H groups in total. The zero-order valence-corrected chi connectivity index (χ0v) is 26.2. The Balaban J connectivity index is 5.28. The van der Waals surface area contributed by atoms with Gasteiger partial charge in [0.2, 0.25) is 0 Å². The lowest BCUT2D eigenvalue weighted by Gasteiger charge is -2.34. The highest BCUT2D eigenvalue weighted by molar-refractivity contribution is 8.03. The minimum atomic E-state index is 0.571. The predicted octanol–water partition coefficient (Wildman–Crippen LogP) is 7.05. The summed E-state index contributed by atoms with van der Waals surface area (Å²) in [5, 5.41) is 8.00. The standard InChI is InChI=1S/C32H54N6S/c1-9-14-15-16-21-29(19-10-2)32(35-22-17-18-25-37(7)38(8)31(12-4)13-5)36-24-23-34-26-28(6)39-27-30(33)20-11-3/h9-10,14-15,17,19-22,24,31,34H,1,6,11-13,16,18,23,25-27,33H2,2-5,7-8H3/b15-14+,19-10-,22-17?,29-21+,30-20?,35-32?,36-24?. The van der Waals surface area contributed by atoms with Crippen LogP contribution in [0.2, 0.25) is 0 Å². The molecule has 0 aliphatic carbocycles. The first-order valence-corrected chi connectivity index (χ1v) is 15.1. The summed E-state index contributed by atoms with van der Waals surface area (Å²) in [7, 11) is 4.31. The third-order valence-corrected chi connectivity index (χ3v) is 6.99. The second-order valence-corrected chi connectivity index (χ2v) is 10.2. The van der Waals surface area contributed by atoms with Crippen molar-refractivity contribution in [3.8, 4) is 0 Å². The van der Waals surface area contributed by atoms with Gasteiger partial charge in [0.25, 0.3) is 0 Å². The lowest BCUT2D eigenvalue weighted by atomic mass is 10.1. The van der Waals surface area contributed by atoms with E-state index in [-0.39, 0.29) is 0 Å². The number of amidine groups is 1. The van der Waals surface area contributed by atoms with Gasteiger partial charge in [0.15, 0.2) is 5.84 Å². The third kappa shape index (κ3) is 18.5. The molecule has 0 spiro atoms. The highest BCUT2D eigenvalue weighted by atomic mass is 32.2. The van der Waals surface area contributed by atoms with E-state index >= 15 is 0 Å². The van der Waals surface area contributed by atoms with Crippen LogP contribution in [0.4, 0.5) is 0 Å². The second-order valence-electron chi connectivity index (χ2n) is 9.07. The van der Waals surface area contributed by atoms with Crippen molar-refractivity contribution in [1.82, 2.24) is 15.3 Å². The van der Waals surface area contributed by atoms with Crippen molar-refractivity contribution in [2.75, 3.05) is 39.5 Å². The molecule has 0 unspecified atom stereocenters. The predicted molar refractivity (Wildman–Crippen MR) is 178 cm³/mol. The molecule has 0 bridgehead atoms. The van der Waals surface area contributed by atoms with Gasteiger partial charge in [-0.2, -0.15) is 0 Å². The molecule has 0 aromatic carbocycles. The van der Waals surface area contributed by atoms with Crippen LogP contribution in [-0.4, -0.2) is 67.6 Å². The topological polar surface area (TPSA) is 69.2 Å². The van der Waals surface area contributed by atoms with Crippen LogP contribution in [0.25, 0.3) is 0 Å². The maximum Gasteiger partial charge on any atom is 0.158 e. The number of hydrogen-bond donors (Lipinski definition) is 2. The van der Waals surface area contributed by atoms with Gasteiger partial charge in [-0.15, -0.1) is 11.8 Å². The van der Waals surface area contributed by atoms with E-state index in [4.69, 9.17) is 15.7 Å². The minimum absolute atomic E-state index is 0.571. The first-order chi connectivity index (χ1) is 18.8. The number of thioether (sulfide) groups is 1. The van der Waals surface area contributed by atoms with E-state index in [0.717, 1.165) is 60.6 Å². The second kappa shape index (κ2) is 24.6. The van der Waals surface area contributed by atoms with Crippen molar-refractivity contribution in [3.05, 3.63) is 84.1 Å². The molecule has 0 fully saturated rings. The molecule has 0 saturated carbocycles. The molecule has 0 aromatic heterocycles. The summed E-state index contributed by atoms with van der Waals surface area (Å²) < 4.78 is 0. The SMILES string of the molecule is C=C/C=C/C/C=C(\C=C/C)C(N=CCNCC(=C)SCC(N)=CCC)=NC=CCCN(C)N(C)C(CC)CC. The molecule has 39 heavy (non-hydrogen) atoms. The summed E-state index contributed by atoms with van der Waals surface area (Å²) in [6, 6.07) is 0.571. The largest absolute Gasteiger partial charge is 0.402 e. The Morgan fingerprint density at radius 1 is 1.13 bits per heavy atom. The maximum absolute atomic E-state index is 5.97. The number of nitrogens with two attached hydrogens (primary N) is 1. The molecule has 0 rings (SSSR count). The Morgan fingerprint density at radius 2 is 1.87 bits per heavy atom. The van der Waals surface area contributed by atoms with Crippen LogP contribution < -0.4 is 11.1 Å². The van der Waals surface area contributed by atoms with Crippen LogP contribution in [0.5, 0.6) is 0 Å². The van der Waals surface area contributed by atoms with Crippen LogP contribution in [0, 0.1) is 0 Å². The van der Waals surface area contributed by atoms with Crippen molar-refractivity contribution in [1.29, 1.82) is 0 Å². The summed E-state index contributed by atoms with van der Waals surface area (Å²) >= 11 is 1.67. The monoisotopic (exact) mass is 554 g/mol. The molecule has 218 valence electrons. The van der Waals surface area contributed by atoms with E-state index in [2.05, 4.69) is 81.6 Å². The average Bonchev–Trinajstić information content (AvgIpc) is 2.92. The lowest BCUT2D eigenvalue weighted by Crippen LogP contribution is -2.43. The van der Waals surface area contributed by atoms with E-state index in [9.17, 15) is 0 Å². The number of allylic oxidation sites excluding steroid dienone is 6. The number of hydrazine groups is 1. The molecule has 0 saturated heterocycles. The molecule has 7 heteroatoms. The van der Waals surface area contributed by atoms with Crippen LogP contribution in [0.15, 0.2) is 94.1 Å². The fourth-order valence-corrected chi connectivity index (χ4v) is 4.34. The summed E-state index contributed by atoms with van der Waals surface area (Å²) in [5.41, 5.74) is 7.85. The Labute approximate surface area is 244 Å². The van der Waals surface area contributed by atoms with Gasteiger partial charge in [-0.25, -0.2) is 20.0 Å². The zero-order chi connectivity index (χ0) is 29.3. The summed E-state index contributed by atoms with van der Waals surface area (Å²) in [5.74, 6) is 1.46. The Hall–Kier alpha value is -2.45. The third-order valence-electron chi connectivity index (χ3n) is 5.96. The number of rotatable bonds is 21. The molecule has 0 aromatic rings. The first kappa shape index (κ1) is 36.5. The molecular weight excluding hydrogens is 500 g/mol. The first-order valence-electron chi connectivity index (χ1n) is 14.1. The maximum atomic E-state index is 5.97. The van der Waals surface area contributed by atoms with Crippen molar-refractivity contribution in [2.45, 2.75) is 65.8 Å². The molecule has 0 aliphatic heterocycles. The smallest absolute Gasteiger partial charge is 0.158 e. The van der Waals surface area contributed by atoms with Crippen molar-refractivity contribution < 1.29 is 0 Å². The van der Waals surface area contributed by atoms with Gasteiger partial charge in [-0.05, 0) is 43.9 Å². The molecule has 0 atom stereocenters. The fraction of sp³-hybridized carbons (Fsp3) is 0.500. The number of aliphatic imine (C=N–C) groups is 2. The van der Waals surface area contributed by atoms with Gasteiger partial charge < -0.3 is 11.1 Å². The van der Waals surface area contributed by atoms with Crippen LogP contribution in [0.1, 0.15) is 59.8 Å². The van der Waals surface area contributed by atoms with Gasteiger partial charge in [-0.1, -0.05) is 82.5 Å². The molecule has 0 heterocycles. The van der Waals surface area contributed by atoms with Crippen molar-refractivity contribution in [2.24, 2.45) is 15.7 Å². The molecule has 0 aliphatic rings. The van der Waals surface area contributed by atoms with Crippen LogP contribution in [0.3, 0.4) is 0 Å². The number of nitrogens with one attached hydrogen (secondary N) is 1. The van der Waals surface area contributed by atoms with E-state index in [1.165, 1.54) is 0 Å². The van der Waals surface area contributed by atoms with Gasteiger partial charge in [-0.3, -0.25) is 0 Å². The number of hydrogen-bond acceptors (Lipinski definition) is 6. The summed E-state index contributed by atoms with van der Waals surface area (Å²) in [6.45, 7) is 18.7. The van der Waals surface area contributed by atoms with Crippen LogP contribution >= 0.6 is 11.8 Å². The average molecular weight is 555 g/mol. The summed E-state index contributed by atoms with van der Waals surface area (Å²) in [4.78, 5) is 10.5. The van der Waals surface area contributed by atoms with E-state index in [1.54, 1.807) is 17.8 Å². The summed E-state index contributed by atoms with van der Waals surface area (Å²) in [6.07, 6.45) is 24.8. The number of nitrogens with zero attached hydrogens (tertiary/aromatic N) is 4. The molecule has 6 nitrogen and oxygen atoms in total.